The molecule has 1 N–H and O–H groups in total. The van der Waals surface area contributed by atoms with Crippen molar-refractivity contribution < 1.29 is 14.3 Å². The molecule has 5 heteroatoms. The van der Waals surface area contributed by atoms with Crippen LogP contribution in [0.25, 0.3) is 6.08 Å². The topological polar surface area (TPSA) is 71.3 Å². The quantitative estimate of drug-likeness (QED) is 0.604. The van der Waals surface area contributed by atoms with Crippen molar-refractivity contribution in [1.82, 2.24) is 5.32 Å². The summed E-state index contributed by atoms with van der Waals surface area (Å²) in [5.41, 5.74) is 0.839. The molecule has 1 fully saturated rings. The highest BCUT2D eigenvalue weighted by molar-refractivity contribution is 6.01. The first-order chi connectivity index (χ1) is 12.2. The van der Waals surface area contributed by atoms with E-state index >= 15 is 0 Å². The molecule has 2 rings (SSSR count). The van der Waals surface area contributed by atoms with E-state index in [-0.39, 0.29) is 17.5 Å². The first-order valence-electron chi connectivity index (χ1n) is 8.91. The van der Waals surface area contributed by atoms with E-state index in [2.05, 4.69) is 5.32 Å². The fourth-order valence-electron chi connectivity index (χ4n) is 2.93. The van der Waals surface area contributed by atoms with E-state index in [1.54, 1.807) is 25.3 Å². The van der Waals surface area contributed by atoms with E-state index in [9.17, 15) is 10.1 Å². The second-order valence-electron chi connectivity index (χ2n) is 6.24. The number of ether oxygens (including phenoxy) is 2. The molecule has 0 saturated heterocycles. The van der Waals surface area contributed by atoms with Crippen LogP contribution < -0.4 is 14.8 Å². The van der Waals surface area contributed by atoms with Crippen LogP contribution in [0.3, 0.4) is 0 Å². The van der Waals surface area contributed by atoms with Crippen LogP contribution in [0.1, 0.15) is 51.0 Å². The average Bonchev–Trinajstić information content (AvgIpc) is 2.65. The van der Waals surface area contributed by atoms with E-state index < -0.39 is 0 Å². The maximum Gasteiger partial charge on any atom is 0.262 e. The molecule has 134 valence electrons. The highest BCUT2D eigenvalue weighted by Gasteiger charge is 2.18. The van der Waals surface area contributed by atoms with Crippen molar-refractivity contribution in [3.63, 3.8) is 0 Å². The number of benzene rings is 1. The van der Waals surface area contributed by atoms with Gasteiger partial charge < -0.3 is 14.8 Å². The van der Waals surface area contributed by atoms with Gasteiger partial charge in [0.1, 0.15) is 11.6 Å². The molecule has 1 aromatic rings. The number of hydrogen-bond donors (Lipinski definition) is 1. The predicted molar refractivity (Wildman–Crippen MR) is 97.4 cm³/mol. The summed E-state index contributed by atoms with van der Waals surface area (Å²) in [5, 5.41) is 12.3. The maximum absolute atomic E-state index is 12.4. The zero-order valence-corrected chi connectivity index (χ0v) is 15.0. The Morgan fingerprint density at radius 3 is 2.72 bits per heavy atom. The number of nitrogens with zero attached hydrogens (tertiary/aromatic N) is 1. The molecule has 25 heavy (non-hydrogen) atoms. The molecular weight excluding hydrogens is 316 g/mol. The van der Waals surface area contributed by atoms with E-state index in [0.717, 1.165) is 37.7 Å². The van der Waals surface area contributed by atoms with Gasteiger partial charge in [-0.2, -0.15) is 5.26 Å². The van der Waals surface area contributed by atoms with Gasteiger partial charge in [-0.1, -0.05) is 32.3 Å². The lowest BCUT2D eigenvalue weighted by molar-refractivity contribution is -0.117. The zero-order valence-electron chi connectivity index (χ0n) is 15.0. The third-order valence-corrected chi connectivity index (χ3v) is 4.27. The SMILES string of the molecule is CCCOc1ccc(/C=C(/C#N)C(=O)NC2CCCCC2)cc1OC. The normalized spacial score (nSPS) is 15.3. The monoisotopic (exact) mass is 342 g/mol. The van der Waals surface area contributed by atoms with Crippen molar-refractivity contribution in [3.8, 4) is 17.6 Å². The first kappa shape index (κ1) is 18.9. The van der Waals surface area contributed by atoms with Crippen LogP contribution in [0.2, 0.25) is 0 Å². The lowest BCUT2D eigenvalue weighted by Gasteiger charge is -2.22. The second-order valence-corrected chi connectivity index (χ2v) is 6.24. The minimum atomic E-state index is -0.306. The van der Waals surface area contributed by atoms with Crippen molar-refractivity contribution in [2.45, 2.75) is 51.5 Å². The standard InChI is InChI=1S/C20H26N2O3/c1-3-11-25-18-10-9-15(13-19(18)24-2)12-16(14-21)20(23)22-17-7-5-4-6-8-17/h9-10,12-13,17H,3-8,11H2,1-2H3,(H,22,23)/b16-12-. The van der Waals surface area contributed by atoms with Gasteiger partial charge in [0.25, 0.3) is 5.91 Å². The highest BCUT2D eigenvalue weighted by atomic mass is 16.5. The molecule has 0 atom stereocenters. The summed E-state index contributed by atoms with van der Waals surface area (Å²) in [5.74, 6) is 0.943. The molecule has 1 amide bonds. The molecule has 1 saturated carbocycles. The predicted octanol–water partition coefficient (Wildman–Crippen LogP) is 3.84. The Balaban J connectivity index is 2.12. The van der Waals surface area contributed by atoms with Crippen LogP contribution in [-0.4, -0.2) is 25.7 Å². The van der Waals surface area contributed by atoms with Crippen molar-refractivity contribution in [2.75, 3.05) is 13.7 Å². The molecule has 0 spiro atoms. The Morgan fingerprint density at radius 1 is 1.32 bits per heavy atom. The molecule has 0 aromatic heterocycles. The number of methoxy groups -OCH3 is 1. The molecular formula is C20H26N2O3. The van der Waals surface area contributed by atoms with Crippen LogP contribution in [0, 0.1) is 11.3 Å². The average molecular weight is 342 g/mol. The number of carbonyl (C=O) groups is 1. The molecule has 0 bridgehead atoms. The van der Waals surface area contributed by atoms with Crippen LogP contribution >= 0.6 is 0 Å². The van der Waals surface area contributed by atoms with E-state index in [1.165, 1.54) is 6.42 Å². The number of carbonyl (C=O) groups excluding carboxylic acids is 1. The van der Waals surface area contributed by atoms with Crippen molar-refractivity contribution in [3.05, 3.63) is 29.3 Å². The summed E-state index contributed by atoms with van der Waals surface area (Å²) in [7, 11) is 1.57. The summed E-state index contributed by atoms with van der Waals surface area (Å²) >= 11 is 0. The lowest BCUT2D eigenvalue weighted by Crippen LogP contribution is -2.36. The van der Waals surface area contributed by atoms with Crippen LogP contribution in [0.5, 0.6) is 11.5 Å². The molecule has 0 heterocycles. The molecule has 0 unspecified atom stereocenters. The molecule has 0 radical (unpaired) electrons. The van der Waals surface area contributed by atoms with Crippen LogP contribution in [0.15, 0.2) is 23.8 Å². The zero-order chi connectivity index (χ0) is 18.1. The van der Waals surface area contributed by atoms with Gasteiger partial charge in [0, 0.05) is 6.04 Å². The Labute approximate surface area is 149 Å². The van der Waals surface area contributed by atoms with E-state index in [4.69, 9.17) is 9.47 Å². The molecule has 0 aliphatic heterocycles. The number of nitrogens with one attached hydrogen (secondary N) is 1. The minimum Gasteiger partial charge on any atom is -0.493 e. The summed E-state index contributed by atoms with van der Waals surface area (Å²) in [6.45, 7) is 2.65. The van der Waals surface area contributed by atoms with Gasteiger partial charge in [-0.3, -0.25) is 4.79 Å². The Morgan fingerprint density at radius 2 is 2.08 bits per heavy atom. The van der Waals surface area contributed by atoms with Crippen molar-refractivity contribution in [1.29, 1.82) is 5.26 Å². The van der Waals surface area contributed by atoms with Gasteiger partial charge in [-0.25, -0.2) is 0 Å². The van der Waals surface area contributed by atoms with Gasteiger partial charge >= 0.3 is 0 Å². The Hall–Kier alpha value is -2.48. The van der Waals surface area contributed by atoms with Gasteiger partial charge in [-0.05, 0) is 43.0 Å². The Kier molecular flexibility index (Phi) is 7.34. The largest absolute Gasteiger partial charge is 0.493 e. The number of rotatable bonds is 7. The van der Waals surface area contributed by atoms with E-state index in [0.29, 0.717) is 18.1 Å². The minimum absolute atomic E-state index is 0.106. The summed E-state index contributed by atoms with van der Waals surface area (Å²) in [6.07, 6.45) is 7.96. The summed E-state index contributed by atoms with van der Waals surface area (Å²) in [6, 6.07) is 7.57. The molecule has 1 aliphatic carbocycles. The Bertz CT molecular complexity index is 655. The third-order valence-electron chi connectivity index (χ3n) is 4.27. The van der Waals surface area contributed by atoms with Crippen LogP contribution in [-0.2, 0) is 4.79 Å². The fraction of sp³-hybridized carbons (Fsp3) is 0.500. The van der Waals surface area contributed by atoms with Gasteiger partial charge in [0.2, 0.25) is 0 Å². The molecule has 1 aromatic carbocycles. The van der Waals surface area contributed by atoms with Gasteiger partial charge in [0.15, 0.2) is 11.5 Å². The van der Waals surface area contributed by atoms with Gasteiger partial charge in [0.05, 0.1) is 13.7 Å². The van der Waals surface area contributed by atoms with Crippen LogP contribution in [0.4, 0.5) is 0 Å². The molecule has 1 aliphatic rings. The van der Waals surface area contributed by atoms with E-state index in [1.807, 2.05) is 19.1 Å². The first-order valence-corrected chi connectivity index (χ1v) is 8.91. The van der Waals surface area contributed by atoms with Crippen molar-refractivity contribution >= 4 is 12.0 Å². The smallest absolute Gasteiger partial charge is 0.262 e. The van der Waals surface area contributed by atoms with Gasteiger partial charge in [-0.15, -0.1) is 0 Å². The summed E-state index contributed by atoms with van der Waals surface area (Å²) in [4.78, 5) is 12.4. The number of nitriles is 1. The number of amides is 1. The molecule has 5 nitrogen and oxygen atoms in total. The highest BCUT2D eigenvalue weighted by Crippen LogP contribution is 2.29. The lowest BCUT2D eigenvalue weighted by atomic mass is 9.95. The van der Waals surface area contributed by atoms with Crippen molar-refractivity contribution in [2.24, 2.45) is 0 Å². The summed E-state index contributed by atoms with van der Waals surface area (Å²) < 4.78 is 11.0. The maximum atomic E-state index is 12.4. The second kappa shape index (κ2) is 9.73. The third kappa shape index (κ3) is 5.53. The fourth-order valence-corrected chi connectivity index (χ4v) is 2.93. The number of hydrogen-bond acceptors (Lipinski definition) is 4.